The fraction of sp³-hybridized carbons (Fsp3) is 0.900. The van der Waals surface area contributed by atoms with E-state index in [9.17, 15) is 18.0 Å². The van der Waals surface area contributed by atoms with Crippen LogP contribution in [0.4, 0.5) is 13.2 Å². The Balaban J connectivity index is 2.07. The lowest BCUT2D eigenvalue weighted by molar-refractivity contribution is -0.122. The maximum atomic E-state index is 11.8. The molecule has 0 saturated carbocycles. The van der Waals surface area contributed by atoms with Crippen LogP contribution < -0.4 is 11.1 Å². The number of carbonyl (C=O) groups excluding carboxylic acids is 1. The highest BCUT2D eigenvalue weighted by atomic mass is 32.2. The van der Waals surface area contributed by atoms with Crippen molar-refractivity contribution in [2.24, 2.45) is 5.73 Å². The molecule has 0 aromatic heterocycles. The second-order valence-corrected chi connectivity index (χ2v) is 5.42. The highest BCUT2D eigenvalue weighted by Gasteiger charge is 2.27. The number of alkyl halides is 3. The minimum Gasteiger partial charge on any atom is -0.354 e. The molecule has 106 valence electrons. The summed E-state index contributed by atoms with van der Waals surface area (Å²) in [5.41, 5.74) is 1.50. The van der Waals surface area contributed by atoms with Crippen molar-refractivity contribution in [2.45, 2.75) is 24.4 Å². The summed E-state index contributed by atoms with van der Waals surface area (Å²) >= 11 is -0.123. The number of nitrogens with one attached hydrogen (secondary N) is 1. The Morgan fingerprint density at radius 3 is 2.56 bits per heavy atom. The van der Waals surface area contributed by atoms with Crippen LogP contribution in [0.15, 0.2) is 0 Å². The zero-order chi connectivity index (χ0) is 13.6. The number of carbonyl (C=O) groups is 1. The molecule has 0 bridgehead atoms. The zero-order valence-corrected chi connectivity index (χ0v) is 10.8. The van der Waals surface area contributed by atoms with Gasteiger partial charge in [-0.25, -0.2) is 0 Å². The van der Waals surface area contributed by atoms with E-state index in [1.54, 1.807) is 0 Å². The van der Waals surface area contributed by atoms with Crippen LogP contribution in [0.2, 0.25) is 0 Å². The first kappa shape index (κ1) is 15.6. The normalized spacial score (nSPS) is 18.9. The predicted octanol–water partition coefficient (Wildman–Crippen LogP) is 0.779. The number of rotatable bonds is 5. The first-order valence-electron chi connectivity index (χ1n) is 5.82. The standard InChI is InChI=1S/C10H18F3N3OS/c11-10(12,13)18-6-3-15-9(17)7-16-4-1-8(14)2-5-16/h8H,1-7,14H2,(H,15,17). The van der Waals surface area contributed by atoms with Gasteiger partial charge in [0.15, 0.2) is 0 Å². The van der Waals surface area contributed by atoms with E-state index < -0.39 is 5.51 Å². The van der Waals surface area contributed by atoms with Crippen LogP contribution >= 0.6 is 11.8 Å². The Morgan fingerprint density at radius 2 is 2.00 bits per heavy atom. The van der Waals surface area contributed by atoms with Gasteiger partial charge in [0.05, 0.1) is 6.54 Å². The fourth-order valence-corrected chi connectivity index (χ4v) is 2.16. The van der Waals surface area contributed by atoms with Crippen molar-refractivity contribution >= 4 is 17.7 Å². The minimum atomic E-state index is -4.23. The summed E-state index contributed by atoms with van der Waals surface area (Å²) in [5, 5.41) is 2.48. The number of amides is 1. The fourth-order valence-electron chi connectivity index (χ4n) is 1.73. The number of hydrogen-bond acceptors (Lipinski definition) is 4. The second kappa shape index (κ2) is 7.20. The van der Waals surface area contributed by atoms with Crippen LogP contribution in [0.25, 0.3) is 0 Å². The average Bonchev–Trinajstić information content (AvgIpc) is 2.26. The van der Waals surface area contributed by atoms with Crippen molar-refractivity contribution < 1.29 is 18.0 Å². The summed E-state index contributed by atoms with van der Waals surface area (Å²) in [5.74, 6) is -0.381. The van der Waals surface area contributed by atoms with E-state index >= 15 is 0 Å². The molecule has 1 amide bonds. The van der Waals surface area contributed by atoms with Crippen molar-refractivity contribution in [3.63, 3.8) is 0 Å². The summed E-state index contributed by atoms with van der Waals surface area (Å²) in [4.78, 5) is 13.4. The maximum Gasteiger partial charge on any atom is 0.441 e. The number of piperidine rings is 1. The van der Waals surface area contributed by atoms with Gasteiger partial charge in [0.2, 0.25) is 5.91 Å². The third kappa shape index (κ3) is 7.07. The molecular formula is C10H18F3N3OS. The average molecular weight is 285 g/mol. The van der Waals surface area contributed by atoms with E-state index in [0.717, 1.165) is 25.9 Å². The van der Waals surface area contributed by atoms with Gasteiger partial charge in [-0.3, -0.25) is 9.69 Å². The van der Waals surface area contributed by atoms with E-state index in [4.69, 9.17) is 5.73 Å². The van der Waals surface area contributed by atoms with Crippen LogP contribution in [-0.2, 0) is 4.79 Å². The van der Waals surface area contributed by atoms with Crippen LogP contribution in [0.1, 0.15) is 12.8 Å². The van der Waals surface area contributed by atoms with Crippen LogP contribution in [0.5, 0.6) is 0 Å². The quantitative estimate of drug-likeness (QED) is 0.733. The van der Waals surface area contributed by atoms with Gasteiger partial charge in [-0.05, 0) is 24.6 Å². The third-order valence-corrected chi connectivity index (χ3v) is 3.42. The van der Waals surface area contributed by atoms with Gasteiger partial charge in [0, 0.05) is 31.4 Å². The molecular weight excluding hydrogens is 267 g/mol. The monoisotopic (exact) mass is 285 g/mol. The van der Waals surface area contributed by atoms with E-state index in [-0.39, 0.29) is 42.6 Å². The van der Waals surface area contributed by atoms with Crippen molar-refractivity contribution in [3.8, 4) is 0 Å². The molecule has 1 aliphatic heterocycles. The third-order valence-electron chi connectivity index (χ3n) is 2.69. The molecule has 1 heterocycles. The van der Waals surface area contributed by atoms with Gasteiger partial charge in [-0.1, -0.05) is 0 Å². The summed E-state index contributed by atoms with van der Waals surface area (Å²) in [6.45, 7) is 1.82. The number of hydrogen-bond donors (Lipinski definition) is 2. The van der Waals surface area contributed by atoms with Crippen molar-refractivity contribution in [1.29, 1.82) is 0 Å². The molecule has 0 atom stereocenters. The molecule has 0 spiro atoms. The van der Waals surface area contributed by atoms with Crippen LogP contribution in [0.3, 0.4) is 0 Å². The summed E-state index contributed by atoms with van der Waals surface area (Å²) < 4.78 is 35.5. The molecule has 18 heavy (non-hydrogen) atoms. The predicted molar refractivity (Wildman–Crippen MR) is 65.2 cm³/mol. The zero-order valence-electron chi connectivity index (χ0n) is 10.0. The Morgan fingerprint density at radius 1 is 1.39 bits per heavy atom. The molecule has 1 aliphatic rings. The number of thioether (sulfide) groups is 1. The smallest absolute Gasteiger partial charge is 0.354 e. The highest BCUT2D eigenvalue weighted by Crippen LogP contribution is 2.29. The summed E-state index contributed by atoms with van der Waals surface area (Å²) in [7, 11) is 0. The van der Waals surface area contributed by atoms with Crippen LogP contribution in [-0.4, -0.2) is 54.3 Å². The van der Waals surface area contributed by atoms with E-state index in [2.05, 4.69) is 5.32 Å². The second-order valence-electron chi connectivity index (χ2n) is 4.26. The summed E-state index contributed by atoms with van der Waals surface area (Å²) in [6, 6.07) is 0.201. The van der Waals surface area contributed by atoms with Gasteiger partial charge >= 0.3 is 5.51 Å². The topological polar surface area (TPSA) is 58.4 Å². The van der Waals surface area contributed by atoms with Gasteiger partial charge in [0.25, 0.3) is 0 Å². The molecule has 8 heteroatoms. The largest absolute Gasteiger partial charge is 0.441 e. The SMILES string of the molecule is NC1CCN(CC(=O)NCCSC(F)(F)F)CC1. The molecule has 3 N–H and O–H groups in total. The Kier molecular flexibility index (Phi) is 6.24. The van der Waals surface area contributed by atoms with Crippen LogP contribution in [0, 0.1) is 0 Å². The van der Waals surface area contributed by atoms with Gasteiger partial charge < -0.3 is 11.1 Å². The Bertz CT molecular complexity index is 268. The molecule has 0 aliphatic carbocycles. The molecule has 4 nitrogen and oxygen atoms in total. The Labute approximate surface area is 108 Å². The van der Waals surface area contributed by atoms with Crippen molar-refractivity contribution in [1.82, 2.24) is 10.2 Å². The molecule has 0 unspecified atom stereocenters. The maximum absolute atomic E-state index is 11.8. The number of halogens is 3. The van der Waals surface area contributed by atoms with Gasteiger partial charge in [-0.2, -0.15) is 13.2 Å². The van der Waals surface area contributed by atoms with Crippen molar-refractivity contribution in [2.75, 3.05) is 31.9 Å². The van der Waals surface area contributed by atoms with Crippen molar-refractivity contribution in [3.05, 3.63) is 0 Å². The number of nitrogens with zero attached hydrogens (tertiary/aromatic N) is 1. The van der Waals surface area contributed by atoms with E-state index in [1.165, 1.54) is 0 Å². The molecule has 1 fully saturated rings. The van der Waals surface area contributed by atoms with Gasteiger partial charge in [-0.15, -0.1) is 0 Å². The Hall–Kier alpha value is -0.470. The lowest BCUT2D eigenvalue weighted by Crippen LogP contribution is -2.44. The van der Waals surface area contributed by atoms with E-state index in [1.807, 2.05) is 4.90 Å². The molecule has 1 rings (SSSR count). The lowest BCUT2D eigenvalue weighted by Gasteiger charge is -2.29. The molecule has 0 aromatic carbocycles. The molecule has 1 saturated heterocycles. The molecule has 0 aromatic rings. The molecule has 0 radical (unpaired) electrons. The minimum absolute atomic E-state index is 0.0381. The van der Waals surface area contributed by atoms with Gasteiger partial charge in [0.1, 0.15) is 0 Å². The first-order chi connectivity index (χ1) is 8.37. The first-order valence-corrected chi connectivity index (χ1v) is 6.81. The van der Waals surface area contributed by atoms with E-state index in [0.29, 0.717) is 0 Å². The highest BCUT2D eigenvalue weighted by molar-refractivity contribution is 8.00. The number of nitrogens with two attached hydrogens (primary N) is 1. The lowest BCUT2D eigenvalue weighted by atomic mass is 10.1. The summed E-state index contributed by atoms with van der Waals surface area (Å²) in [6.07, 6.45) is 1.72. The number of likely N-dealkylation sites (tertiary alicyclic amines) is 1.